The van der Waals surface area contributed by atoms with E-state index in [0.717, 1.165) is 38.4 Å². The van der Waals surface area contributed by atoms with Gasteiger partial charge < -0.3 is 19.3 Å². The summed E-state index contributed by atoms with van der Waals surface area (Å²) < 4.78 is 16.5. The van der Waals surface area contributed by atoms with Gasteiger partial charge in [-0.2, -0.15) is 0 Å². The molecule has 1 aromatic rings. The Labute approximate surface area is 126 Å². The third-order valence-corrected chi connectivity index (χ3v) is 3.54. The van der Waals surface area contributed by atoms with Gasteiger partial charge in [-0.25, -0.2) is 0 Å². The molecule has 1 atom stereocenters. The third-order valence-electron chi connectivity index (χ3n) is 3.54. The van der Waals surface area contributed by atoms with Gasteiger partial charge in [-0.05, 0) is 5.56 Å². The zero-order chi connectivity index (χ0) is 14.8. The van der Waals surface area contributed by atoms with Crippen molar-refractivity contribution in [1.29, 1.82) is 0 Å². The molecule has 2 rings (SSSR count). The second-order valence-corrected chi connectivity index (χ2v) is 5.02. The predicted molar refractivity (Wildman–Crippen MR) is 80.3 cm³/mol. The van der Waals surface area contributed by atoms with Gasteiger partial charge in [0.05, 0.1) is 39.6 Å². The lowest BCUT2D eigenvalue weighted by Crippen LogP contribution is -2.38. The Morgan fingerprint density at radius 2 is 1.86 bits per heavy atom. The second kappa shape index (κ2) is 9.87. The first kappa shape index (κ1) is 16.4. The van der Waals surface area contributed by atoms with Crippen molar-refractivity contribution < 1.29 is 19.3 Å². The van der Waals surface area contributed by atoms with Gasteiger partial charge in [-0.3, -0.25) is 4.90 Å². The minimum Gasteiger partial charge on any atom is -0.393 e. The van der Waals surface area contributed by atoms with Crippen LogP contribution in [0.2, 0.25) is 0 Å². The zero-order valence-electron chi connectivity index (χ0n) is 12.4. The molecule has 0 bridgehead atoms. The number of hydrogen-bond acceptors (Lipinski definition) is 5. The molecule has 0 aliphatic carbocycles. The number of rotatable bonds is 9. The van der Waals surface area contributed by atoms with E-state index in [1.165, 1.54) is 0 Å². The Balaban J connectivity index is 1.54. The molecule has 1 aliphatic heterocycles. The van der Waals surface area contributed by atoms with E-state index in [2.05, 4.69) is 4.90 Å². The summed E-state index contributed by atoms with van der Waals surface area (Å²) in [5.74, 6) is 0. The summed E-state index contributed by atoms with van der Waals surface area (Å²) >= 11 is 0. The van der Waals surface area contributed by atoms with Crippen molar-refractivity contribution in [1.82, 2.24) is 4.90 Å². The number of aliphatic hydroxyl groups excluding tert-OH is 1. The van der Waals surface area contributed by atoms with E-state index in [0.29, 0.717) is 19.8 Å². The van der Waals surface area contributed by atoms with E-state index in [1.807, 2.05) is 30.3 Å². The smallest absolute Gasteiger partial charge is 0.106 e. The first-order valence-electron chi connectivity index (χ1n) is 7.55. The molecular formula is C16H25NO4. The van der Waals surface area contributed by atoms with Crippen molar-refractivity contribution in [3.05, 3.63) is 35.9 Å². The Hall–Kier alpha value is -0.980. The van der Waals surface area contributed by atoms with Crippen LogP contribution in [0.25, 0.3) is 0 Å². The molecule has 1 fully saturated rings. The molecule has 1 saturated heterocycles. The van der Waals surface area contributed by atoms with Crippen molar-refractivity contribution in [3.8, 4) is 0 Å². The van der Waals surface area contributed by atoms with E-state index >= 15 is 0 Å². The first-order chi connectivity index (χ1) is 10.4. The highest BCUT2D eigenvalue weighted by molar-refractivity contribution is 5.17. The molecule has 5 nitrogen and oxygen atoms in total. The molecule has 1 heterocycles. The maximum Gasteiger partial charge on any atom is 0.106 e. The third kappa shape index (κ3) is 6.11. The topological polar surface area (TPSA) is 51.2 Å². The van der Waals surface area contributed by atoms with Crippen LogP contribution < -0.4 is 0 Å². The lowest BCUT2D eigenvalue weighted by atomic mass is 10.1. The largest absolute Gasteiger partial charge is 0.393 e. The normalized spacial score (nSPS) is 17.8. The maximum atomic E-state index is 9.37. The van der Waals surface area contributed by atoms with Crippen LogP contribution >= 0.6 is 0 Å². The van der Waals surface area contributed by atoms with Gasteiger partial charge in [-0.15, -0.1) is 0 Å². The van der Waals surface area contributed by atoms with Crippen LogP contribution in [-0.4, -0.2) is 69.3 Å². The molecule has 1 N–H and O–H groups in total. The summed E-state index contributed by atoms with van der Waals surface area (Å²) in [6.07, 6.45) is -0.269. The van der Waals surface area contributed by atoms with Crippen molar-refractivity contribution in [2.75, 3.05) is 59.3 Å². The fourth-order valence-corrected chi connectivity index (χ4v) is 2.29. The Morgan fingerprint density at radius 1 is 1.10 bits per heavy atom. The summed E-state index contributed by atoms with van der Waals surface area (Å²) in [6, 6.07) is 9.76. The van der Waals surface area contributed by atoms with Crippen molar-refractivity contribution in [2.24, 2.45) is 0 Å². The van der Waals surface area contributed by atoms with Gasteiger partial charge in [0.25, 0.3) is 0 Å². The molecular weight excluding hydrogens is 270 g/mol. The number of hydrogen-bond donors (Lipinski definition) is 1. The van der Waals surface area contributed by atoms with E-state index in [1.54, 1.807) is 0 Å². The molecule has 0 saturated carbocycles. The highest BCUT2D eigenvalue weighted by Gasteiger charge is 2.11. The summed E-state index contributed by atoms with van der Waals surface area (Å²) in [5, 5.41) is 9.37. The monoisotopic (exact) mass is 295 g/mol. The molecule has 0 spiro atoms. The van der Waals surface area contributed by atoms with Gasteiger partial charge in [0.2, 0.25) is 0 Å². The molecule has 21 heavy (non-hydrogen) atoms. The van der Waals surface area contributed by atoms with Gasteiger partial charge in [0.1, 0.15) is 6.10 Å². The molecule has 1 aliphatic rings. The van der Waals surface area contributed by atoms with E-state index < -0.39 is 0 Å². The van der Waals surface area contributed by atoms with Crippen molar-refractivity contribution in [3.63, 3.8) is 0 Å². The Morgan fingerprint density at radius 3 is 2.57 bits per heavy atom. The minimum absolute atomic E-state index is 0.0161. The summed E-state index contributed by atoms with van der Waals surface area (Å²) in [5.41, 5.74) is 0.994. The van der Waals surface area contributed by atoms with Crippen molar-refractivity contribution >= 4 is 0 Å². The van der Waals surface area contributed by atoms with Crippen LogP contribution in [0.5, 0.6) is 0 Å². The Bertz CT molecular complexity index is 368. The van der Waals surface area contributed by atoms with Crippen molar-refractivity contribution in [2.45, 2.75) is 6.10 Å². The summed E-state index contributed by atoms with van der Waals surface area (Å²) in [4.78, 5) is 2.34. The molecule has 0 aromatic heterocycles. The average molecular weight is 295 g/mol. The first-order valence-corrected chi connectivity index (χ1v) is 7.55. The average Bonchev–Trinajstić information content (AvgIpc) is 2.56. The fraction of sp³-hybridized carbons (Fsp3) is 0.625. The Kier molecular flexibility index (Phi) is 7.70. The number of nitrogens with zero attached hydrogens (tertiary/aromatic N) is 1. The van der Waals surface area contributed by atoms with Gasteiger partial charge >= 0.3 is 0 Å². The molecule has 5 heteroatoms. The maximum absolute atomic E-state index is 9.37. The molecule has 118 valence electrons. The van der Waals surface area contributed by atoms with Gasteiger partial charge in [-0.1, -0.05) is 30.3 Å². The highest BCUT2D eigenvalue weighted by Crippen LogP contribution is 2.15. The van der Waals surface area contributed by atoms with Crippen LogP contribution in [0, 0.1) is 0 Å². The van der Waals surface area contributed by atoms with E-state index in [4.69, 9.17) is 14.2 Å². The molecule has 0 amide bonds. The molecule has 1 unspecified atom stereocenters. The van der Waals surface area contributed by atoms with Crippen LogP contribution in [0.4, 0.5) is 0 Å². The number of morpholine rings is 1. The number of benzene rings is 1. The quantitative estimate of drug-likeness (QED) is 0.691. The van der Waals surface area contributed by atoms with Gasteiger partial charge in [0.15, 0.2) is 0 Å². The SMILES string of the molecule is OCC(OCCOCCN1CCOCC1)c1ccccc1. The van der Waals surface area contributed by atoms with Crippen LogP contribution in [0.1, 0.15) is 11.7 Å². The summed E-state index contributed by atoms with van der Waals surface area (Å²) in [6.45, 7) is 6.27. The number of ether oxygens (including phenoxy) is 3. The zero-order valence-corrected chi connectivity index (χ0v) is 12.4. The lowest BCUT2D eigenvalue weighted by molar-refractivity contribution is -0.0275. The second-order valence-electron chi connectivity index (χ2n) is 5.02. The standard InChI is InChI=1S/C16H25NO4/c18-14-16(15-4-2-1-3-5-15)21-13-12-20-11-8-17-6-9-19-10-7-17/h1-5,16,18H,6-14H2. The van der Waals surface area contributed by atoms with E-state index in [-0.39, 0.29) is 12.7 Å². The van der Waals surface area contributed by atoms with Crippen LogP contribution in [-0.2, 0) is 14.2 Å². The van der Waals surface area contributed by atoms with Crippen LogP contribution in [0.15, 0.2) is 30.3 Å². The highest BCUT2D eigenvalue weighted by atomic mass is 16.5. The van der Waals surface area contributed by atoms with Gasteiger partial charge in [0, 0.05) is 19.6 Å². The number of aliphatic hydroxyl groups is 1. The fourth-order valence-electron chi connectivity index (χ4n) is 2.29. The predicted octanol–water partition coefficient (Wildman–Crippen LogP) is 1.09. The van der Waals surface area contributed by atoms with E-state index in [9.17, 15) is 5.11 Å². The summed E-state index contributed by atoms with van der Waals surface area (Å²) in [7, 11) is 0. The minimum atomic E-state index is -0.269. The lowest BCUT2D eigenvalue weighted by Gasteiger charge is -2.26. The molecule has 0 radical (unpaired) electrons. The van der Waals surface area contributed by atoms with Crippen LogP contribution in [0.3, 0.4) is 0 Å². The molecule has 1 aromatic carbocycles.